The summed E-state index contributed by atoms with van der Waals surface area (Å²) < 4.78 is 39.2. The van der Waals surface area contributed by atoms with Crippen LogP contribution in [0.1, 0.15) is 38.3 Å². The molecule has 1 aromatic rings. The maximum atomic E-state index is 13.1. The van der Waals surface area contributed by atoms with Crippen LogP contribution in [0, 0.1) is 5.92 Å². The summed E-state index contributed by atoms with van der Waals surface area (Å²) in [5.41, 5.74) is 0.375. The molecular weight excluding hydrogens is 331 g/mol. The fraction of sp³-hybridized carbons (Fsp3) is 0.600. The lowest BCUT2D eigenvalue weighted by Gasteiger charge is -2.27. The molecule has 0 fully saturated rings. The van der Waals surface area contributed by atoms with Gasteiger partial charge in [0.15, 0.2) is 0 Å². The number of anilines is 1. The maximum Gasteiger partial charge on any atom is 0.416 e. The van der Waals surface area contributed by atoms with E-state index in [4.69, 9.17) is 0 Å². The van der Waals surface area contributed by atoms with Crippen molar-refractivity contribution in [3.05, 3.63) is 29.3 Å². The number of alkyl halides is 4. The molecule has 1 atom stereocenters. The summed E-state index contributed by atoms with van der Waals surface area (Å²) in [7, 11) is 0. The molecule has 1 rings (SSSR count). The van der Waals surface area contributed by atoms with E-state index in [2.05, 4.69) is 29.8 Å². The molecule has 0 bridgehead atoms. The standard InChI is InChI=1S/C15H21BrF3N/c1-4-11(3)10-20(5-2)13-7-6-12(9-16)14(8-13)15(17,18)19/h6-8,11H,4-5,9-10H2,1-3H3. The molecular formula is C15H21BrF3N. The summed E-state index contributed by atoms with van der Waals surface area (Å²) in [6.45, 7) is 7.65. The van der Waals surface area contributed by atoms with Crippen LogP contribution in [-0.4, -0.2) is 13.1 Å². The zero-order chi connectivity index (χ0) is 15.3. The van der Waals surface area contributed by atoms with Crippen molar-refractivity contribution >= 4 is 21.6 Å². The van der Waals surface area contributed by atoms with Crippen LogP contribution in [-0.2, 0) is 11.5 Å². The molecule has 0 saturated carbocycles. The monoisotopic (exact) mass is 351 g/mol. The molecule has 0 aliphatic rings. The Labute approximate surface area is 127 Å². The summed E-state index contributed by atoms with van der Waals surface area (Å²) in [5.74, 6) is 0.458. The number of rotatable bonds is 6. The second-order valence-electron chi connectivity index (χ2n) is 5.02. The first-order chi connectivity index (χ1) is 9.33. The summed E-state index contributed by atoms with van der Waals surface area (Å²) in [5, 5.41) is 0.208. The van der Waals surface area contributed by atoms with Crippen molar-refractivity contribution in [1.82, 2.24) is 0 Å². The molecule has 1 aromatic carbocycles. The number of halogens is 4. The smallest absolute Gasteiger partial charge is 0.372 e. The van der Waals surface area contributed by atoms with E-state index in [1.165, 1.54) is 6.07 Å². The minimum Gasteiger partial charge on any atom is -0.372 e. The largest absolute Gasteiger partial charge is 0.416 e. The molecule has 0 N–H and O–H groups in total. The summed E-state index contributed by atoms with van der Waals surface area (Å²) >= 11 is 3.12. The van der Waals surface area contributed by atoms with Gasteiger partial charge in [-0.1, -0.05) is 42.3 Å². The second-order valence-corrected chi connectivity index (χ2v) is 5.59. The molecule has 0 spiro atoms. The van der Waals surface area contributed by atoms with E-state index in [-0.39, 0.29) is 10.9 Å². The van der Waals surface area contributed by atoms with E-state index in [0.29, 0.717) is 18.2 Å². The van der Waals surface area contributed by atoms with Gasteiger partial charge >= 0.3 is 6.18 Å². The Morgan fingerprint density at radius 3 is 2.35 bits per heavy atom. The summed E-state index contributed by atoms with van der Waals surface area (Å²) in [6.07, 6.45) is -3.29. The van der Waals surface area contributed by atoms with Gasteiger partial charge in [0.2, 0.25) is 0 Å². The highest BCUT2D eigenvalue weighted by atomic mass is 79.9. The minimum absolute atomic E-state index is 0.208. The van der Waals surface area contributed by atoms with E-state index in [9.17, 15) is 13.2 Å². The van der Waals surface area contributed by atoms with Crippen LogP contribution in [0.2, 0.25) is 0 Å². The third kappa shape index (κ3) is 4.40. The van der Waals surface area contributed by atoms with E-state index >= 15 is 0 Å². The van der Waals surface area contributed by atoms with Crippen LogP contribution in [0.4, 0.5) is 18.9 Å². The SMILES string of the molecule is CCC(C)CN(CC)c1ccc(CBr)c(C(F)(F)F)c1. The lowest BCUT2D eigenvalue weighted by molar-refractivity contribution is -0.138. The van der Waals surface area contributed by atoms with Crippen LogP contribution in [0.15, 0.2) is 18.2 Å². The normalized spacial score (nSPS) is 13.3. The second kappa shape index (κ2) is 7.34. The molecule has 0 radical (unpaired) electrons. The lowest BCUT2D eigenvalue weighted by atomic mass is 10.0. The Bertz CT molecular complexity index is 432. The first kappa shape index (κ1) is 17.3. The molecule has 0 heterocycles. The van der Waals surface area contributed by atoms with Gasteiger partial charge in [0.05, 0.1) is 5.56 Å². The fourth-order valence-electron chi connectivity index (χ4n) is 2.06. The minimum atomic E-state index is -4.31. The average Bonchev–Trinajstić information content (AvgIpc) is 2.42. The topological polar surface area (TPSA) is 3.24 Å². The molecule has 0 aromatic heterocycles. The van der Waals surface area contributed by atoms with Crippen molar-refractivity contribution in [3.8, 4) is 0 Å². The lowest BCUT2D eigenvalue weighted by Crippen LogP contribution is -2.28. The van der Waals surface area contributed by atoms with Crippen molar-refractivity contribution in [2.45, 2.75) is 38.7 Å². The number of benzene rings is 1. The van der Waals surface area contributed by atoms with Crippen LogP contribution >= 0.6 is 15.9 Å². The molecule has 1 unspecified atom stereocenters. The van der Waals surface area contributed by atoms with Crippen molar-refractivity contribution < 1.29 is 13.2 Å². The van der Waals surface area contributed by atoms with Crippen LogP contribution in [0.3, 0.4) is 0 Å². The van der Waals surface area contributed by atoms with Gasteiger partial charge in [-0.25, -0.2) is 0 Å². The highest BCUT2D eigenvalue weighted by molar-refractivity contribution is 9.08. The van der Waals surface area contributed by atoms with Crippen LogP contribution < -0.4 is 4.90 Å². The molecule has 0 amide bonds. The van der Waals surface area contributed by atoms with Gasteiger partial charge in [-0.2, -0.15) is 13.2 Å². The summed E-state index contributed by atoms with van der Waals surface area (Å²) in [6, 6.07) is 4.60. The maximum absolute atomic E-state index is 13.1. The molecule has 5 heteroatoms. The highest BCUT2D eigenvalue weighted by Crippen LogP contribution is 2.35. The predicted octanol–water partition coefficient (Wildman–Crippen LogP) is 5.47. The average molecular weight is 352 g/mol. The fourth-order valence-corrected chi connectivity index (χ4v) is 2.55. The Morgan fingerprint density at radius 1 is 1.25 bits per heavy atom. The van der Waals surface area contributed by atoms with Gasteiger partial charge in [0.1, 0.15) is 0 Å². The Hall–Kier alpha value is -0.710. The Morgan fingerprint density at radius 2 is 1.90 bits per heavy atom. The van der Waals surface area contributed by atoms with E-state index in [1.54, 1.807) is 12.1 Å². The van der Waals surface area contributed by atoms with Crippen molar-refractivity contribution in [3.63, 3.8) is 0 Å². The highest BCUT2D eigenvalue weighted by Gasteiger charge is 2.33. The van der Waals surface area contributed by atoms with Gasteiger partial charge in [-0.05, 0) is 30.5 Å². The van der Waals surface area contributed by atoms with Crippen molar-refractivity contribution in [1.29, 1.82) is 0 Å². The molecule has 1 nitrogen and oxygen atoms in total. The Kier molecular flexibility index (Phi) is 6.37. The first-order valence-corrected chi connectivity index (χ1v) is 7.96. The van der Waals surface area contributed by atoms with Gasteiger partial charge < -0.3 is 4.90 Å². The van der Waals surface area contributed by atoms with E-state index in [1.807, 2.05) is 11.8 Å². The predicted molar refractivity (Wildman–Crippen MR) is 81.4 cm³/mol. The van der Waals surface area contributed by atoms with Gasteiger partial charge in [0, 0.05) is 24.1 Å². The molecule has 114 valence electrons. The van der Waals surface area contributed by atoms with Gasteiger partial charge in [-0.15, -0.1) is 0 Å². The molecule has 0 saturated heterocycles. The molecule has 0 aliphatic heterocycles. The first-order valence-electron chi connectivity index (χ1n) is 6.84. The van der Waals surface area contributed by atoms with Crippen LogP contribution in [0.25, 0.3) is 0 Å². The van der Waals surface area contributed by atoms with Gasteiger partial charge in [0.25, 0.3) is 0 Å². The molecule has 20 heavy (non-hydrogen) atoms. The van der Waals surface area contributed by atoms with Crippen molar-refractivity contribution in [2.24, 2.45) is 5.92 Å². The molecule has 0 aliphatic carbocycles. The van der Waals surface area contributed by atoms with E-state index < -0.39 is 11.7 Å². The number of hydrogen-bond donors (Lipinski definition) is 0. The zero-order valence-electron chi connectivity index (χ0n) is 12.1. The zero-order valence-corrected chi connectivity index (χ0v) is 13.7. The third-order valence-electron chi connectivity index (χ3n) is 3.52. The van der Waals surface area contributed by atoms with E-state index in [0.717, 1.165) is 13.0 Å². The summed E-state index contributed by atoms with van der Waals surface area (Å²) in [4.78, 5) is 2.00. The third-order valence-corrected chi connectivity index (χ3v) is 4.12. The quantitative estimate of drug-likeness (QED) is 0.614. The van der Waals surface area contributed by atoms with Crippen LogP contribution in [0.5, 0.6) is 0 Å². The van der Waals surface area contributed by atoms with Crippen molar-refractivity contribution in [2.75, 3.05) is 18.0 Å². The number of nitrogens with zero attached hydrogens (tertiary/aromatic N) is 1. The number of hydrogen-bond acceptors (Lipinski definition) is 1. The Balaban J connectivity index is 3.12. The van der Waals surface area contributed by atoms with Gasteiger partial charge in [-0.3, -0.25) is 0 Å².